The summed E-state index contributed by atoms with van der Waals surface area (Å²) in [7, 11) is -1.72. The van der Waals surface area contributed by atoms with Crippen molar-refractivity contribution in [3.8, 4) is 0 Å². The van der Waals surface area contributed by atoms with Crippen LogP contribution in [0.5, 0.6) is 0 Å². The number of hydrogen-bond donors (Lipinski definition) is 0. The quantitative estimate of drug-likeness (QED) is 0.769. The maximum Gasteiger partial charge on any atom is 0.243 e. The lowest BCUT2D eigenvalue weighted by Gasteiger charge is -2.34. The summed E-state index contributed by atoms with van der Waals surface area (Å²) in [5, 5.41) is 4.83. The van der Waals surface area contributed by atoms with Gasteiger partial charge in [-0.2, -0.15) is 9.40 Å². The van der Waals surface area contributed by atoms with Crippen molar-refractivity contribution in [2.45, 2.75) is 25.2 Å². The zero-order valence-corrected chi connectivity index (χ0v) is 17.2. The highest BCUT2D eigenvalue weighted by molar-refractivity contribution is 7.89. The molecule has 0 N–H and O–H groups in total. The highest BCUT2D eigenvalue weighted by atomic mass is 35.5. The molecule has 1 aliphatic heterocycles. The van der Waals surface area contributed by atoms with Crippen molar-refractivity contribution in [2.75, 3.05) is 26.2 Å². The van der Waals surface area contributed by atoms with Crippen LogP contribution in [-0.2, 0) is 28.3 Å². The summed E-state index contributed by atoms with van der Waals surface area (Å²) in [6.45, 7) is 5.16. The van der Waals surface area contributed by atoms with Crippen molar-refractivity contribution in [3.63, 3.8) is 0 Å². The average molecular weight is 411 g/mol. The van der Waals surface area contributed by atoms with E-state index in [0.29, 0.717) is 18.1 Å². The minimum Gasteiger partial charge on any atom is -0.340 e. The van der Waals surface area contributed by atoms with Crippen molar-refractivity contribution >= 4 is 27.5 Å². The molecule has 1 fully saturated rings. The Morgan fingerprint density at radius 1 is 1.11 bits per heavy atom. The van der Waals surface area contributed by atoms with Gasteiger partial charge in [-0.25, -0.2) is 8.42 Å². The molecule has 3 rings (SSSR count). The van der Waals surface area contributed by atoms with Crippen LogP contribution in [0.2, 0.25) is 5.02 Å². The first kappa shape index (κ1) is 19.9. The SMILES string of the molecule is Cc1nn(C)c(C)c1CC(=O)N1CCN(S(=O)(=O)c2ccc(Cl)cc2)CC1. The van der Waals surface area contributed by atoms with Gasteiger partial charge in [-0.15, -0.1) is 0 Å². The lowest BCUT2D eigenvalue weighted by molar-refractivity contribution is -0.131. The molecule has 0 spiro atoms. The number of piperazine rings is 1. The average Bonchev–Trinajstić information content (AvgIpc) is 2.88. The molecule has 1 aliphatic rings. The molecule has 0 atom stereocenters. The third-order valence-electron chi connectivity index (χ3n) is 5.03. The molecule has 0 bridgehead atoms. The minimum absolute atomic E-state index is 0.00209. The van der Waals surface area contributed by atoms with Crippen molar-refractivity contribution in [1.29, 1.82) is 0 Å². The van der Waals surface area contributed by atoms with Crippen LogP contribution in [0.1, 0.15) is 17.0 Å². The number of carbonyl (C=O) groups excluding carboxylic acids is 1. The minimum atomic E-state index is -3.57. The fourth-order valence-corrected chi connectivity index (χ4v) is 4.82. The second kappa shape index (κ2) is 7.61. The Labute approximate surface area is 164 Å². The van der Waals surface area contributed by atoms with Gasteiger partial charge in [-0.3, -0.25) is 9.48 Å². The van der Waals surface area contributed by atoms with E-state index < -0.39 is 10.0 Å². The third kappa shape index (κ3) is 4.02. The monoisotopic (exact) mass is 410 g/mol. The largest absolute Gasteiger partial charge is 0.340 e. The number of rotatable bonds is 4. The van der Waals surface area contributed by atoms with Crippen LogP contribution in [0.3, 0.4) is 0 Å². The molecule has 0 unspecified atom stereocenters. The molecular weight excluding hydrogens is 388 g/mol. The van der Waals surface area contributed by atoms with E-state index in [1.807, 2.05) is 20.9 Å². The first-order valence-corrected chi connectivity index (χ1v) is 10.5. The van der Waals surface area contributed by atoms with Crippen molar-refractivity contribution in [1.82, 2.24) is 19.0 Å². The Morgan fingerprint density at radius 2 is 1.70 bits per heavy atom. The summed E-state index contributed by atoms with van der Waals surface area (Å²) in [4.78, 5) is 14.6. The van der Waals surface area contributed by atoms with Gasteiger partial charge in [-0.1, -0.05) is 11.6 Å². The van der Waals surface area contributed by atoms with Gasteiger partial charge >= 0.3 is 0 Å². The van der Waals surface area contributed by atoms with E-state index in [9.17, 15) is 13.2 Å². The third-order valence-corrected chi connectivity index (χ3v) is 7.19. The number of aromatic nitrogens is 2. The summed E-state index contributed by atoms with van der Waals surface area (Å²) < 4.78 is 28.6. The number of benzene rings is 1. The van der Waals surface area contributed by atoms with Crippen LogP contribution < -0.4 is 0 Å². The van der Waals surface area contributed by atoms with Crippen LogP contribution in [0.25, 0.3) is 0 Å². The number of aryl methyl sites for hydroxylation is 2. The van der Waals surface area contributed by atoms with Gasteiger partial charge < -0.3 is 4.90 Å². The molecule has 27 heavy (non-hydrogen) atoms. The predicted octanol–water partition coefficient (Wildman–Crippen LogP) is 1.77. The predicted molar refractivity (Wildman–Crippen MR) is 103 cm³/mol. The van der Waals surface area contributed by atoms with E-state index in [-0.39, 0.29) is 30.3 Å². The summed E-state index contributed by atoms with van der Waals surface area (Å²) in [6.07, 6.45) is 0.287. The van der Waals surface area contributed by atoms with Crippen LogP contribution >= 0.6 is 11.6 Å². The molecule has 0 saturated carbocycles. The zero-order chi connectivity index (χ0) is 19.8. The standard InChI is InChI=1S/C18H23ClN4O3S/c1-13-17(14(2)21(3)20-13)12-18(24)22-8-10-23(11-9-22)27(25,26)16-6-4-15(19)5-7-16/h4-7H,8-12H2,1-3H3. The van der Waals surface area contributed by atoms with Crippen molar-refractivity contribution in [3.05, 3.63) is 46.2 Å². The number of carbonyl (C=O) groups is 1. The second-order valence-electron chi connectivity index (χ2n) is 6.69. The Balaban J connectivity index is 1.64. The molecule has 9 heteroatoms. The maximum absolute atomic E-state index is 12.7. The molecule has 0 aliphatic carbocycles. The van der Waals surface area contributed by atoms with Gasteiger partial charge in [0, 0.05) is 49.5 Å². The maximum atomic E-state index is 12.7. The van der Waals surface area contributed by atoms with E-state index >= 15 is 0 Å². The van der Waals surface area contributed by atoms with Crippen molar-refractivity contribution < 1.29 is 13.2 Å². The number of sulfonamides is 1. The fourth-order valence-electron chi connectivity index (χ4n) is 3.27. The van der Waals surface area contributed by atoms with Gasteiger partial charge in [0.05, 0.1) is 17.0 Å². The fraction of sp³-hybridized carbons (Fsp3) is 0.444. The molecule has 7 nitrogen and oxygen atoms in total. The summed E-state index contributed by atoms with van der Waals surface area (Å²) >= 11 is 5.83. The van der Waals surface area contributed by atoms with Crippen molar-refractivity contribution in [2.24, 2.45) is 7.05 Å². The highest BCUT2D eigenvalue weighted by Crippen LogP contribution is 2.20. The van der Waals surface area contributed by atoms with Gasteiger partial charge in [0.15, 0.2) is 0 Å². The Morgan fingerprint density at radius 3 is 2.22 bits per heavy atom. The number of halogens is 1. The molecule has 2 heterocycles. The number of amides is 1. The molecule has 2 aromatic rings. The lowest BCUT2D eigenvalue weighted by atomic mass is 10.1. The van der Waals surface area contributed by atoms with E-state index in [2.05, 4.69) is 5.10 Å². The molecule has 0 radical (unpaired) electrons. The Bertz CT molecular complexity index is 946. The number of hydrogen-bond acceptors (Lipinski definition) is 4. The topological polar surface area (TPSA) is 75.5 Å². The zero-order valence-electron chi connectivity index (χ0n) is 15.6. The number of nitrogens with zero attached hydrogens (tertiary/aromatic N) is 4. The normalized spacial score (nSPS) is 15.9. The molecular formula is C18H23ClN4O3S. The lowest BCUT2D eigenvalue weighted by Crippen LogP contribution is -2.50. The van der Waals surface area contributed by atoms with Crippen LogP contribution in [0.15, 0.2) is 29.2 Å². The first-order valence-electron chi connectivity index (χ1n) is 8.72. The molecule has 1 amide bonds. The first-order chi connectivity index (χ1) is 12.7. The van der Waals surface area contributed by atoms with Gasteiger partial charge in [0.2, 0.25) is 15.9 Å². The van der Waals surface area contributed by atoms with Crippen LogP contribution in [0.4, 0.5) is 0 Å². The smallest absolute Gasteiger partial charge is 0.243 e. The molecule has 146 valence electrons. The molecule has 1 saturated heterocycles. The van der Waals surface area contributed by atoms with Crippen LogP contribution in [0, 0.1) is 13.8 Å². The van der Waals surface area contributed by atoms with E-state index in [0.717, 1.165) is 17.0 Å². The summed E-state index contributed by atoms with van der Waals surface area (Å²) in [5.74, 6) is -0.00209. The highest BCUT2D eigenvalue weighted by Gasteiger charge is 2.30. The summed E-state index contributed by atoms with van der Waals surface area (Å²) in [5.41, 5.74) is 2.77. The second-order valence-corrected chi connectivity index (χ2v) is 9.06. The molecule has 1 aromatic heterocycles. The van der Waals surface area contributed by atoms with Gasteiger partial charge in [-0.05, 0) is 38.1 Å². The van der Waals surface area contributed by atoms with Crippen LogP contribution in [-0.4, -0.2) is 59.5 Å². The summed E-state index contributed by atoms with van der Waals surface area (Å²) in [6, 6.07) is 6.13. The molecule has 1 aromatic carbocycles. The van der Waals surface area contributed by atoms with Gasteiger partial charge in [0.1, 0.15) is 0 Å². The van der Waals surface area contributed by atoms with E-state index in [4.69, 9.17) is 11.6 Å². The van der Waals surface area contributed by atoms with E-state index in [1.54, 1.807) is 21.7 Å². The van der Waals surface area contributed by atoms with E-state index in [1.165, 1.54) is 16.4 Å². The Kier molecular flexibility index (Phi) is 5.60. The van der Waals surface area contributed by atoms with Gasteiger partial charge in [0.25, 0.3) is 0 Å². The Hall–Kier alpha value is -1.90.